The number of aromatic amines is 2. The molecule has 0 saturated carbocycles. The number of ether oxygens (including phenoxy) is 1. The summed E-state index contributed by atoms with van der Waals surface area (Å²) in [6, 6.07) is 8.47. The molecule has 3 rings (SSSR count). The van der Waals surface area contributed by atoms with Gasteiger partial charge in [-0.05, 0) is 12.1 Å². The highest BCUT2D eigenvalue weighted by molar-refractivity contribution is 7.99. The van der Waals surface area contributed by atoms with Gasteiger partial charge in [-0.3, -0.25) is 19.1 Å². The molecule has 0 aliphatic heterocycles. The summed E-state index contributed by atoms with van der Waals surface area (Å²) in [6.07, 6.45) is 0.153. The van der Waals surface area contributed by atoms with E-state index in [0.717, 1.165) is 11.8 Å². The summed E-state index contributed by atoms with van der Waals surface area (Å²) >= 11 is 1.14. The molecule has 0 bridgehead atoms. The third kappa shape index (κ3) is 4.44. The fraction of sp³-hybridized carbons (Fsp3) is 0.188. The number of nitrogens with two attached hydrogens (primary N) is 1. The van der Waals surface area contributed by atoms with Crippen molar-refractivity contribution in [3.63, 3.8) is 0 Å². The minimum absolute atomic E-state index is 0.0317. The lowest BCUT2D eigenvalue weighted by atomic mass is 10.2. The van der Waals surface area contributed by atoms with Gasteiger partial charge in [0, 0.05) is 24.2 Å². The van der Waals surface area contributed by atoms with E-state index in [-0.39, 0.29) is 12.2 Å². The quantitative estimate of drug-likeness (QED) is 0.475. The first-order valence-corrected chi connectivity index (χ1v) is 8.77. The predicted molar refractivity (Wildman–Crippen MR) is 98.3 cm³/mol. The molecular formula is C16H16N6O4S. The van der Waals surface area contributed by atoms with E-state index in [4.69, 9.17) is 10.5 Å². The summed E-state index contributed by atoms with van der Waals surface area (Å²) < 4.78 is 6.97. The van der Waals surface area contributed by atoms with Crippen LogP contribution in [-0.4, -0.2) is 43.5 Å². The largest absolute Gasteiger partial charge is 0.497 e. The third-order valence-electron chi connectivity index (χ3n) is 3.52. The number of nitrogens with one attached hydrogen (secondary N) is 2. The van der Waals surface area contributed by atoms with Crippen molar-refractivity contribution in [3.05, 3.63) is 62.7 Å². The molecule has 140 valence electrons. The van der Waals surface area contributed by atoms with Crippen molar-refractivity contribution >= 4 is 17.7 Å². The summed E-state index contributed by atoms with van der Waals surface area (Å²) in [4.78, 5) is 38.8. The zero-order valence-corrected chi connectivity index (χ0v) is 15.1. The van der Waals surface area contributed by atoms with E-state index in [1.807, 2.05) is 6.07 Å². The van der Waals surface area contributed by atoms with Gasteiger partial charge in [0.15, 0.2) is 5.16 Å². The maximum Gasteiger partial charge on any atom is 0.325 e. The van der Waals surface area contributed by atoms with Gasteiger partial charge in [-0.25, -0.2) is 4.79 Å². The van der Waals surface area contributed by atoms with E-state index in [2.05, 4.69) is 20.2 Å². The fourth-order valence-electron chi connectivity index (χ4n) is 2.44. The van der Waals surface area contributed by atoms with Gasteiger partial charge >= 0.3 is 5.69 Å². The molecule has 11 heteroatoms. The maximum atomic E-state index is 11.5. The number of hydrogen-bond acceptors (Lipinski definition) is 7. The molecule has 1 amide bonds. The van der Waals surface area contributed by atoms with Crippen LogP contribution in [-0.2, 0) is 11.2 Å². The number of nitrogens with zero attached hydrogens (tertiary/aromatic N) is 3. The van der Waals surface area contributed by atoms with Crippen LogP contribution in [0.5, 0.6) is 5.75 Å². The highest BCUT2D eigenvalue weighted by Crippen LogP contribution is 2.25. The second-order valence-electron chi connectivity index (χ2n) is 5.48. The Bertz CT molecular complexity index is 1060. The van der Waals surface area contributed by atoms with Crippen LogP contribution < -0.4 is 21.7 Å². The Morgan fingerprint density at radius 1 is 1.26 bits per heavy atom. The number of aromatic nitrogens is 5. The van der Waals surface area contributed by atoms with Gasteiger partial charge in [0.1, 0.15) is 11.6 Å². The maximum absolute atomic E-state index is 11.5. The third-order valence-corrected chi connectivity index (χ3v) is 4.47. The Morgan fingerprint density at radius 2 is 2.07 bits per heavy atom. The molecule has 0 spiro atoms. The molecular weight excluding hydrogens is 372 g/mol. The Morgan fingerprint density at radius 3 is 2.78 bits per heavy atom. The molecule has 4 N–H and O–H groups in total. The van der Waals surface area contributed by atoms with Crippen LogP contribution in [0, 0.1) is 0 Å². The van der Waals surface area contributed by atoms with Crippen LogP contribution in [0.2, 0.25) is 0 Å². The van der Waals surface area contributed by atoms with Crippen molar-refractivity contribution in [2.24, 2.45) is 5.73 Å². The number of carbonyl (C=O) groups excluding carboxylic acids is 1. The van der Waals surface area contributed by atoms with E-state index >= 15 is 0 Å². The molecule has 0 aliphatic carbocycles. The highest BCUT2D eigenvalue weighted by Gasteiger charge is 2.17. The van der Waals surface area contributed by atoms with E-state index in [1.165, 1.54) is 6.07 Å². The molecule has 0 saturated heterocycles. The average Bonchev–Trinajstić information content (AvgIpc) is 3.01. The number of amides is 1. The van der Waals surface area contributed by atoms with Crippen LogP contribution in [0.4, 0.5) is 0 Å². The lowest BCUT2D eigenvalue weighted by Gasteiger charge is -2.11. The van der Waals surface area contributed by atoms with Crippen LogP contribution >= 0.6 is 11.8 Å². The number of H-pyrrole nitrogens is 2. The minimum Gasteiger partial charge on any atom is -0.497 e. The number of thioether (sulfide) groups is 1. The molecule has 2 aromatic heterocycles. The smallest absolute Gasteiger partial charge is 0.325 e. The SMILES string of the molecule is COc1cccc(-n2c(Cc3cc(=O)[nH]c(=O)[nH]3)nnc2SCC(N)=O)c1. The van der Waals surface area contributed by atoms with Crippen molar-refractivity contribution in [3.8, 4) is 11.4 Å². The summed E-state index contributed by atoms with van der Waals surface area (Å²) in [7, 11) is 1.55. The molecule has 10 nitrogen and oxygen atoms in total. The monoisotopic (exact) mass is 388 g/mol. The van der Waals surface area contributed by atoms with E-state index in [1.54, 1.807) is 29.9 Å². The number of methoxy groups -OCH3 is 1. The molecule has 1 aromatic carbocycles. The molecule has 0 aliphatic rings. The number of hydrogen-bond donors (Lipinski definition) is 3. The van der Waals surface area contributed by atoms with Crippen LogP contribution in [0.25, 0.3) is 5.69 Å². The first-order chi connectivity index (χ1) is 13.0. The average molecular weight is 388 g/mol. The molecule has 2 heterocycles. The number of carbonyl (C=O) groups is 1. The Hall–Kier alpha value is -3.34. The standard InChI is InChI=1S/C16H16N6O4S/c1-26-11-4-2-3-10(7-11)22-13(20-21-16(22)27-8-12(17)23)5-9-6-14(24)19-15(25)18-9/h2-4,6-7H,5,8H2,1H3,(H2,17,23)(H2,18,19,24,25). The molecule has 0 fully saturated rings. The van der Waals surface area contributed by atoms with Crippen molar-refractivity contribution < 1.29 is 9.53 Å². The molecule has 27 heavy (non-hydrogen) atoms. The molecule has 0 radical (unpaired) electrons. The van der Waals surface area contributed by atoms with Gasteiger partial charge in [-0.2, -0.15) is 0 Å². The highest BCUT2D eigenvalue weighted by atomic mass is 32.2. The zero-order chi connectivity index (χ0) is 19.4. The van der Waals surface area contributed by atoms with Crippen molar-refractivity contribution in [1.82, 2.24) is 24.7 Å². The fourth-order valence-corrected chi connectivity index (χ4v) is 3.15. The van der Waals surface area contributed by atoms with Gasteiger partial charge < -0.3 is 15.5 Å². The zero-order valence-electron chi connectivity index (χ0n) is 14.3. The molecule has 0 atom stereocenters. The van der Waals surface area contributed by atoms with Crippen molar-refractivity contribution in [2.75, 3.05) is 12.9 Å². The van der Waals surface area contributed by atoms with Gasteiger partial charge in [-0.15, -0.1) is 10.2 Å². The van der Waals surface area contributed by atoms with Crippen molar-refractivity contribution in [1.29, 1.82) is 0 Å². The normalized spacial score (nSPS) is 10.7. The summed E-state index contributed by atoms with van der Waals surface area (Å²) in [5, 5.41) is 8.70. The number of benzene rings is 1. The summed E-state index contributed by atoms with van der Waals surface area (Å²) in [5.41, 5.74) is 5.19. The number of primary amides is 1. The Kier molecular flexibility index (Phi) is 5.41. The van der Waals surface area contributed by atoms with Crippen molar-refractivity contribution in [2.45, 2.75) is 11.6 Å². The number of rotatable bonds is 7. The first kappa shape index (κ1) is 18.5. The topological polar surface area (TPSA) is 149 Å². The lowest BCUT2D eigenvalue weighted by molar-refractivity contribution is -0.115. The Labute approximate surface area is 156 Å². The van der Waals surface area contributed by atoms with Gasteiger partial charge in [-0.1, -0.05) is 17.8 Å². The minimum atomic E-state index is -0.603. The summed E-state index contributed by atoms with van der Waals surface area (Å²) in [5.74, 6) is 0.643. The molecule has 0 unspecified atom stereocenters. The van der Waals surface area contributed by atoms with Crippen LogP contribution in [0.3, 0.4) is 0 Å². The molecule has 3 aromatic rings. The van der Waals surface area contributed by atoms with Crippen LogP contribution in [0.1, 0.15) is 11.5 Å². The second-order valence-corrected chi connectivity index (χ2v) is 6.42. The second kappa shape index (κ2) is 7.91. The van der Waals surface area contributed by atoms with Gasteiger partial charge in [0.05, 0.1) is 18.6 Å². The Balaban J connectivity index is 2.06. The lowest BCUT2D eigenvalue weighted by Crippen LogP contribution is -2.23. The van der Waals surface area contributed by atoms with Gasteiger partial charge in [0.25, 0.3) is 5.56 Å². The van der Waals surface area contributed by atoms with E-state index in [9.17, 15) is 14.4 Å². The predicted octanol–water partition coefficient (Wildman–Crippen LogP) is -0.179. The van der Waals surface area contributed by atoms with E-state index < -0.39 is 17.2 Å². The van der Waals surface area contributed by atoms with Crippen LogP contribution in [0.15, 0.2) is 45.1 Å². The van der Waals surface area contributed by atoms with E-state index in [0.29, 0.717) is 28.1 Å². The summed E-state index contributed by atoms with van der Waals surface area (Å²) in [6.45, 7) is 0. The van der Waals surface area contributed by atoms with Gasteiger partial charge in [0.2, 0.25) is 5.91 Å². The first-order valence-electron chi connectivity index (χ1n) is 7.78.